The maximum absolute atomic E-state index is 10.7. The summed E-state index contributed by atoms with van der Waals surface area (Å²) in [6, 6.07) is 0. The molecule has 3 saturated carbocycles. The van der Waals surface area contributed by atoms with Gasteiger partial charge in [-0.05, 0) is 61.7 Å². The molecule has 1 N–H and O–H groups in total. The van der Waals surface area contributed by atoms with Crippen molar-refractivity contribution >= 4 is 0 Å². The van der Waals surface area contributed by atoms with E-state index in [1.54, 1.807) is 0 Å². The average molecular weight is 236 g/mol. The lowest BCUT2D eigenvalue weighted by Gasteiger charge is -2.33. The molecule has 0 aromatic carbocycles. The van der Waals surface area contributed by atoms with Gasteiger partial charge >= 0.3 is 0 Å². The molecule has 0 aromatic rings. The summed E-state index contributed by atoms with van der Waals surface area (Å²) in [6.07, 6.45) is 4.72. The van der Waals surface area contributed by atoms with E-state index >= 15 is 0 Å². The first kappa shape index (κ1) is 10.8. The van der Waals surface area contributed by atoms with Gasteiger partial charge in [-0.1, -0.05) is 13.8 Å². The molecule has 6 unspecified atom stereocenters. The number of aliphatic hydroxyl groups is 1. The summed E-state index contributed by atoms with van der Waals surface area (Å²) < 4.78 is 5.85. The van der Waals surface area contributed by atoms with Crippen LogP contribution < -0.4 is 0 Å². The fourth-order valence-electron chi connectivity index (χ4n) is 5.54. The molecule has 4 rings (SSSR count). The van der Waals surface area contributed by atoms with Gasteiger partial charge in [0.15, 0.2) is 0 Å². The second-order valence-corrected chi connectivity index (χ2v) is 7.87. The Bertz CT molecular complexity index is 367. The third kappa shape index (κ3) is 1.19. The molecule has 96 valence electrons. The van der Waals surface area contributed by atoms with Crippen LogP contribution in [0.25, 0.3) is 0 Å². The van der Waals surface area contributed by atoms with E-state index < -0.39 is 5.60 Å². The van der Waals surface area contributed by atoms with Crippen molar-refractivity contribution in [3.05, 3.63) is 0 Å². The lowest BCUT2D eigenvalue weighted by atomic mass is 9.75. The number of hydrogen-bond donors (Lipinski definition) is 1. The normalized spacial score (nSPS) is 62.8. The second-order valence-electron chi connectivity index (χ2n) is 7.87. The Morgan fingerprint density at radius 2 is 1.65 bits per heavy atom. The molecule has 2 heteroatoms. The molecule has 1 heterocycles. The molecule has 4 fully saturated rings. The summed E-state index contributed by atoms with van der Waals surface area (Å²) in [5.74, 6) is 2.71. The van der Waals surface area contributed by atoms with Crippen molar-refractivity contribution in [2.24, 2.45) is 29.1 Å². The van der Waals surface area contributed by atoms with Crippen LogP contribution in [-0.2, 0) is 4.74 Å². The minimum atomic E-state index is -0.440. The molecule has 0 bridgehead atoms. The van der Waals surface area contributed by atoms with Gasteiger partial charge in [-0.3, -0.25) is 0 Å². The molecule has 0 amide bonds. The van der Waals surface area contributed by atoms with E-state index in [9.17, 15) is 5.11 Å². The van der Waals surface area contributed by atoms with Crippen LogP contribution in [0.1, 0.15) is 46.5 Å². The van der Waals surface area contributed by atoms with Crippen LogP contribution in [0.5, 0.6) is 0 Å². The van der Waals surface area contributed by atoms with Crippen molar-refractivity contribution in [1.29, 1.82) is 0 Å². The highest BCUT2D eigenvalue weighted by atomic mass is 16.6. The molecule has 17 heavy (non-hydrogen) atoms. The van der Waals surface area contributed by atoms with E-state index in [0.29, 0.717) is 17.3 Å². The Hall–Kier alpha value is -0.0800. The molecular formula is C15H24O2. The summed E-state index contributed by atoms with van der Waals surface area (Å²) >= 11 is 0. The highest BCUT2D eigenvalue weighted by molar-refractivity contribution is 5.21. The Morgan fingerprint density at radius 1 is 1.00 bits per heavy atom. The van der Waals surface area contributed by atoms with Gasteiger partial charge in [0.1, 0.15) is 0 Å². The van der Waals surface area contributed by atoms with Crippen LogP contribution in [0.15, 0.2) is 0 Å². The average Bonchev–Trinajstić information content (AvgIpc) is 3.08. The SMILES string of the molecule is CC1(O)CCC2C1C1C(CCC23CO3)C1(C)C. The molecule has 0 aromatic heterocycles. The molecule has 2 nitrogen and oxygen atoms in total. The second kappa shape index (κ2) is 2.75. The van der Waals surface area contributed by atoms with E-state index in [2.05, 4.69) is 20.8 Å². The summed E-state index contributed by atoms with van der Waals surface area (Å²) in [5.41, 5.74) is 0.215. The van der Waals surface area contributed by atoms with Crippen LogP contribution in [0.3, 0.4) is 0 Å². The minimum Gasteiger partial charge on any atom is -0.390 e. The van der Waals surface area contributed by atoms with Crippen LogP contribution in [0.2, 0.25) is 0 Å². The fourth-order valence-corrected chi connectivity index (χ4v) is 5.54. The van der Waals surface area contributed by atoms with Crippen LogP contribution in [0, 0.1) is 29.1 Å². The van der Waals surface area contributed by atoms with Crippen molar-refractivity contribution in [1.82, 2.24) is 0 Å². The minimum absolute atomic E-state index is 0.189. The van der Waals surface area contributed by atoms with Gasteiger partial charge in [0.25, 0.3) is 0 Å². The first-order chi connectivity index (χ1) is 7.89. The highest BCUT2D eigenvalue weighted by Gasteiger charge is 2.72. The van der Waals surface area contributed by atoms with Gasteiger partial charge in [-0.15, -0.1) is 0 Å². The number of rotatable bonds is 0. The maximum Gasteiger partial charge on any atom is 0.0948 e. The van der Waals surface area contributed by atoms with Gasteiger partial charge in [0.05, 0.1) is 17.8 Å². The Morgan fingerprint density at radius 3 is 2.29 bits per heavy atom. The van der Waals surface area contributed by atoms with Crippen LogP contribution >= 0.6 is 0 Å². The van der Waals surface area contributed by atoms with Crippen molar-refractivity contribution in [2.45, 2.75) is 57.7 Å². The molecule has 1 aliphatic heterocycles. The summed E-state index contributed by atoms with van der Waals surface area (Å²) in [6.45, 7) is 7.84. The van der Waals surface area contributed by atoms with Gasteiger partial charge in [-0.2, -0.15) is 0 Å². The van der Waals surface area contributed by atoms with E-state index in [-0.39, 0.29) is 5.60 Å². The van der Waals surface area contributed by atoms with E-state index in [0.717, 1.165) is 24.9 Å². The Balaban J connectivity index is 1.75. The lowest BCUT2D eigenvalue weighted by molar-refractivity contribution is -0.0155. The highest BCUT2D eigenvalue weighted by Crippen LogP contribution is 2.73. The van der Waals surface area contributed by atoms with E-state index in [1.165, 1.54) is 19.3 Å². The topological polar surface area (TPSA) is 32.8 Å². The van der Waals surface area contributed by atoms with Crippen molar-refractivity contribution in [3.63, 3.8) is 0 Å². The Kier molecular flexibility index (Phi) is 1.75. The zero-order valence-corrected chi connectivity index (χ0v) is 11.2. The third-order valence-corrected chi connectivity index (χ3v) is 6.71. The standard InChI is InChI=1S/C15H24O2/c1-13(2)9-5-7-15(8-17-15)10-4-6-14(3,16)12(10)11(9)13/h9-12,16H,4-8H2,1-3H3. The zero-order chi connectivity index (χ0) is 12.1. The third-order valence-electron chi connectivity index (χ3n) is 6.71. The van der Waals surface area contributed by atoms with Gasteiger partial charge in [0.2, 0.25) is 0 Å². The summed E-state index contributed by atoms with van der Waals surface area (Å²) in [4.78, 5) is 0. The van der Waals surface area contributed by atoms with Gasteiger partial charge < -0.3 is 9.84 Å². The summed E-state index contributed by atoms with van der Waals surface area (Å²) in [5, 5.41) is 10.7. The molecule has 6 atom stereocenters. The molecule has 0 radical (unpaired) electrons. The number of epoxide rings is 1. The molecule has 3 aliphatic carbocycles. The number of hydrogen-bond acceptors (Lipinski definition) is 2. The van der Waals surface area contributed by atoms with Crippen molar-refractivity contribution in [3.8, 4) is 0 Å². The van der Waals surface area contributed by atoms with E-state index in [4.69, 9.17) is 4.74 Å². The molecule has 4 aliphatic rings. The monoisotopic (exact) mass is 236 g/mol. The largest absolute Gasteiger partial charge is 0.390 e. The quantitative estimate of drug-likeness (QED) is 0.656. The smallest absolute Gasteiger partial charge is 0.0948 e. The first-order valence-electron chi connectivity index (χ1n) is 7.25. The zero-order valence-electron chi connectivity index (χ0n) is 11.2. The molecule has 1 saturated heterocycles. The molecular weight excluding hydrogens is 212 g/mol. The number of fused-ring (bicyclic) bond motifs is 4. The first-order valence-corrected chi connectivity index (χ1v) is 7.25. The number of ether oxygens (including phenoxy) is 1. The van der Waals surface area contributed by atoms with Crippen molar-refractivity contribution in [2.75, 3.05) is 6.61 Å². The molecule has 1 spiro atoms. The van der Waals surface area contributed by atoms with Gasteiger partial charge in [-0.25, -0.2) is 0 Å². The maximum atomic E-state index is 10.7. The predicted molar refractivity (Wildman–Crippen MR) is 65.5 cm³/mol. The van der Waals surface area contributed by atoms with Crippen LogP contribution in [-0.4, -0.2) is 22.9 Å². The predicted octanol–water partition coefficient (Wildman–Crippen LogP) is 2.60. The fraction of sp³-hybridized carbons (Fsp3) is 1.00. The van der Waals surface area contributed by atoms with E-state index in [1.807, 2.05) is 0 Å². The summed E-state index contributed by atoms with van der Waals surface area (Å²) in [7, 11) is 0. The Labute approximate surface area is 104 Å². The van der Waals surface area contributed by atoms with Crippen molar-refractivity contribution < 1.29 is 9.84 Å². The lowest BCUT2D eigenvalue weighted by Crippen LogP contribution is -2.39. The van der Waals surface area contributed by atoms with Gasteiger partial charge in [0, 0.05) is 0 Å². The van der Waals surface area contributed by atoms with Crippen LogP contribution in [0.4, 0.5) is 0 Å².